The van der Waals surface area contributed by atoms with E-state index in [0.717, 1.165) is 47.7 Å². The van der Waals surface area contributed by atoms with Gasteiger partial charge in [0.1, 0.15) is 17.3 Å². The predicted molar refractivity (Wildman–Crippen MR) is 163 cm³/mol. The number of aryl methyl sites for hydroxylation is 2. The Morgan fingerprint density at radius 2 is 1.43 bits per heavy atom. The van der Waals surface area contributed by atoms with Crippen molar-refractivity contribution in [3.63, 3.8) is 0 Å². The molecule has 0 saturated heterocycles. The van der Waals surface area contributed by atoms with Crippen LogP contribution in [0.3, 0.4) is 0 Å². The number of benzene rings is 2. The zero-order valence-electron chi connectivity index (χ0n) is 19.0. The summed E-state index contributed by atoms with van der Waals surface area (Å²) in [6.07, 6.45) is 10.8. The van der Waals surface area contributed by atoms with E-state index >= 15 is 0 Å². The van der Waals surface area contributed by atoms with E-state index in [2.05, 4.69) is 68.9 Å². The lowest BCUT2D eigenvalue weighted by Gasteiger charge is -2.04. The van der Waals surface area contributed by atoms with Gasteiger partial charge in [0.25, 0.3) is 0 Å². The molecule has 0 aliphatic carbocycles. The fraction of sp³-hybridized carbons (Fsp3) is 0.143. The first kappa shape index (κ1) is 30.2. The first-order valence-corrected chi connectivity index (χ1v) is 12.6. The second-order valence-corrected chi connectivity index (χ2v) is 9.72. The van der Waals surface area contributed by atoms with Crippen LogP contribution in [-0.2, 0) is 0 Å². The summed E-state index contributed by atoms with van der Waals surface area (Å²) < 4.78 is 4.04. The van der Waals surface area contributed by atoms with E-state index in [1.807, 2.05) is 67.2 Å². The van der Waals surface area contributed by atoms with Crippen molar-refractivity contribution in [1.29, 1.82) is 0 Å². The van der Waals surface area contributed by atoms with Crippen LogP contribution in [0.25, 0.3) is 27.4 Å². The molecule has 0 bridgehead atoms. The van der Waals surface area contributed by atoms with Gasteiger partial charge in [-0.05, 0) is 48.9 Å². The number of fused-ring (bicyclic) bond motifs is 2. The Balaban J connectivity index is 0.000000211. The molecule has 0 fully saturated rings. The van der Waals surface area contributed by atoms with E-state index in [9.17, 15) is 0 Å². The minimum absolute atomic E-state index is 0. The molecule has 4 heterocycles. The van der Waals surface area contributed by atoms with E-state index < -0.39 is 0 Å². The zero-order chi connectivity index (χ0) is 24.8. The number of nitrogens with one attached hydrogen (secondary N) is 1. The molecule has 6 rings (SSSR count). The van der Waals surface area contributed by atoms with Gasteiger partial charge in [-0.2, -0.15) is 0 Å². The number of hydrogen-bond acceptors (Lipinski definition) is 4. The molecule has 1 N–H and O–H groups in total. The van der Waals surface area contributed by atoms with Crippen LogP contribution in [0.5, 0.6) is 0 Å². The Kier molecular flexibility index (Phi) is 11.4. The SMILES string of the molecule is C.C.Cc1cn(-c2cc3cccc(Br)c3cn2)cn1.Cc1cnc[nH]1.Clc1cc2cccc(Br)c2cn1. The molecule has 0 radical (unpaired) electrons. The summed E-state index contributed by atoms with van der Waals surface area (Å²) >= 11 is 12.7. The van der Waals surface area contributed by atoms with Gasteiger partial charge in [0.05, 0.1) is 12.0 Å². The molecule has 2 aromatic carbocycles. The number of imidazole rings is 2. The molecule has 0 saturated carbocycles. The van der Waals surface area contributed by atoms with E-state index in [1.165, 1.54) is 0 Å². The highest BCUT2D eigenvalue weighted by atomic mass is 79.9. The Labute approximate surface area is 239 Å². The quantitative estimate of drug-likeness (QED) is 0.181. The predicted octanol–water partition coefficient (Wildman–Crippen LogP) is 9.13. The molecule has 37 heavy (non-hydrogen) atoms. The van der Waals surface area contributed by atoms with Gasteiger partial charge in [-0.15, -0.1) is 0 Å². The maximum absolute atomic E-state index is 5.74. The fourth-order valence-corrected chi connectivity index (χ4v) is 4.38. The third kappa shape index (κ3) is 7.95. The van der Waals surface area contributed by atoms with Gasteiger partial charge in [0.2, 0.25) is 0 Å². The van der Waals surface area contributed by atoms with Crippen molar-refractivity contribution in [2.75, 3.05) is 0 Å². The van der Waals surface area contributed by atoms with Crippen LogP contribution >= 0.6 is 43.5 Å². The second-order valence-electron chi connectivity index (χ2n) is 7.63. The molecule has 6 nitrogen and oxygen atoms in total. The first-order valence-electron chi connectivity index (χ1n) is 10.6. The number of aromatic amines is 1. The smallest absolute Gasteiger partial charge is 0.138 e. The number of hydrogen-bond donors (Lipinski definition) is 1. The second kappa shape index (κ2) is 14.0. The summed E-state index contributed by atoms with van der Waals surface area (Å²) in [4.78, 5) is 19.3. The fourth-order valence-electron chi connectivity index (χ4n) is 3.24. The van der Waals surface area contributed by atoms with Crippen molar-refractivity contribution in [2.45, 2.75) is 28.7 Å². The van der Waals surface area contributed by atoms with Gasteiger partial charge in [-0.3, -0.25) is 4.57 Å². The molecular formula is C28H29Br2ClN6. The van der Waals surface area contributed by atoms with Crippen molar-refractivity contribution < 1.29 is 0 Å². The maximum Gasteiger partial charge on any atom is 0.138 e. The van der Waals surface area contributed by atoms with Crippen molar-refractivity contribution in [1.82, 2.24) is 29.5 Å². The molecule has 0 aliphatic rings. The van der Waals surface area contributed by atoms with Gasteiger partial charge in [0.15, 0.2) is 0 Å². The number of nitrogens with zero attached hydrogens (tertiary/aromatic N) is 5. The number of pyridine rings is 2. The summed E-state index contributed by atoms with van der Waals surface area (Å²) in [6, 6.07) is 16.0. The molecule has 0 unspecified atom stereocenters. The summed E-state index contributed by atoms with van der Waals surface area (Å²) in [6.45, 7) is 3.93. The zero-order valence-corrected chi connectivity index (χ0v) is 22.9. The number of rotatable bonds is 1. The van der Waals surface area contributed by atoms with Crippen molar-refractivity contribution in [2.24, 2.45) is 0 Å². The van der Waals surface area contributed by atoms with Crippen LogP contribution in [-0.4, -0.2) is 29.5 Å². The highest BCUT2D eigenvalue weighted by Gasteiger charge is 2.03. The summed E-state index contributed by atoms with van der Waals surface area (Å²) in [7, 11) is 0. The van der Waals surface area contributed by atoms with Crippen molar-refractivity contribution >= 4 is 65.0 Å². The summed E-state index contributed by atoms with van der Waals surface area (Å²) in [5.41, 5.74) is 2.09. The Morgan fingerprint density at radius 1 is 0.811 bits per heavy atom. The number of halogens is 3. The molecule has 192 valence electrons. The molecule has 0 atom stereocenters. The number of aromatic nitrogens is 6. The molecule has 9 heteroatoms. The summed E-state index contributed by atoms with van der Waals surface area (Å²) in [5, 5.41) is 5.00. The van der Waals surface area contributed by atoms with Crippen LogP contribution < -0.4 is 0 Å². The monoisotopic (exact) mass is 642 g/mol. The van der Waals surface area contributed by atoms with Gasteiger partial charge >= 0.3 is 0 Å². The normalized spacial score (nSPS) is 9.86. The molecule has 0 aliphatic heterocycles. The number of H-pyrrole nitrogens is 1. The topological polar surface area (TPSA) is 72.3 Å². The lowest BCUT2D eigenvalue weighted by atomic mass is 10.2. The van der Waals surface area contributed by atoms with Gasteiger partial charge < -0.3 is 4.98 Å². The van der Waals surface area contributed by atoms with Crippen molar-refractivity contribution in [3.8, 4) is 5.82 Å². The molecule has 6 aromatic rings. The molecule has 4 aromatic heterocycles. The third-order valence-corrected chi connectivity index (χ3v) is 6.58. The Bertz CT molecular complexity index is 1560. The standard InChI is InChI=1S/C13H10BrN3.C9H5BrClN.C4H6N2.2CH4/c1-9-7-17(8-16-9)13-5-10-3-2-4-12(14)11(10)6-15-13;10-8-3-1-2-6-4-9(11)12-5-7(6)8;1-4-2-5-3-6-4;;/h2-8H,1H3;1-5H;2-3H,1H3,(H,5,6);2*1H4. The average Bonchev–Trinajstić information content (AvgIpc) is 3.51. The maximum atomic E-state index is 5.74. The molecule has 0 amide bonds. The van der Waals surface area contributed by atoms with E-state index in [1.54, 1.807) is 25.0 Å². The highest BCUT2D eigenvalue weighted by Crippen LogP contribution is 2.25. The molecular weight excluding hydrogens is 616 g/mol. The van der Waals surface area contributed by atoms with Crippen LogP contribution in [0.4, 0.5) is 0 Å². The molecule has 0 spiro atoms. The van der Waals surface area contributed by atoms with E-state index in [0.29, 0.717) is 5.15 Å². The minimum Gasteiger partial charge on any atom is -0.349 e. The third-order valence-electron chi connectivity index (χ3n) is 4.99. The Morgan fingerprint density at radius 3 is 1.95 bits per heavy atom. The van der Waals surface area contributed by atoms with Crippen LogP contribution in [0.1, 0.15) is 26.2 Å². The van der Waals surface area contributed by atoms with Crippen molar-refractivity contribution in [3.05, 3.63) is 111 Å². The van der Waals surface area contributed by atoms with Crippen LogP contribution in [0.15, 0.2) is 94.9 Å². The lowest BCUT2D eigenvalue weighted by molar-refractivity contribution is 0.999. The van der Waals surface area contributed by atoms with Gasteiger partial charge in [-0.1, -0.05) is 82.6 Å². The van der Waals surface area contributed by atoms with Crippen LogP contribution in [0.2, 0.25) is 5.15 Å². The average molecular weight is 645 g/mol. The summed E-state index contributed by atoms with van der Waals surface area (Å²) in [5.74, 6) is 0.885. The largest absolute Gasteiger partial charge is 0.349 e. The first-order chi connectivity index (χ1) is 16.9. The minimum atomic E-state index is 0. The van der Waals surface area contributed by atoms with E-state index in [4.69, 9.17) is 11.6 Å². The van der Waals surface area contributed by atoms with Crippen LogP contribution in [0, 0.1) is 13.8 Å². The highest BCUT2D eigenvalue weighted by molar-refractivity contribution is 9.11. The Hall–Kier alpha value is -3.07. The van der Waals surface area contributed by atoms with Gasteiger partial charge in [-0.25, -0.2) is 19.9 Å². The van der Waals surface area contributed by atoms with E-state index in [-0.39, 0.29) is 14.9 Å². The van der Waals surface area contributed by atoms with Gasteiger partial charge in [0, 0.05) is 50.2 Å². The lowest BCUT2D eigenvalue weighted by Crippen LogP contribution is -1.93.